The van der Waals surface area contributed by atoms with Gasteiger partial charge in [-0.05, 0) is 62.7 Å². The first-order valence-corrected chi connectivity index (χ1v) is 10.0. The fourth-order valence-corrected chi connectivity index (χ4v) is 3.79. The molecule has 0 unspecified atom stereocenters. The van der Waals surface area contributed by atoms with Crippen molar-refractivity contribution in [1.29, 1.82) is 0 Å². The van der Waals surface area contributed by atoms with Gasteiger partial charge in [-0.15, -0.1) is 0 Å². The monoisotopic (exact) mass is 447 g/mol. The molecule has 0 radical (unpaired) electrons. The Hall–Kier alpha value is -2.34. The number of hydrogen-bond donors (Lipinski definition) is 0. The van der Waals surface area contributed by atoms with Crippen molar-refractivity contribution in [3.8, 4) is 5.75 Å². The molecule has 3 rings (SSSR count). The van der Waals surface area contributed by atoms with Crippen molar-refractivity contribution in [1.82, 2.24) is 4.57 Å². The predicted molar refractivity (Wildman–Crippen MR) is 111 cm³/mol. The molecule has 28 heavy (non-hydrogen) atoms. The van der Waals surface area contributed by atoms with Crippen LogP contribution in [0.1, 0.15) is 37.9 Å². The molecule has 148 valence electrons. The third kappa shape index (κ3) is 4.55. The average Bonchev–Trinajstić information content (AvgIpc) is 3.06. The summed E-state index contributed by atoms with van der Waals surface area (Å²) in [7, 11) is 0. The molecular weight excluding hydrogens is 425 g/mol. The van der Waals surface area contributed by atoms with Gasteiger partial charge in [0, 0.05) is 33.2 Å². The zero-order chi connectivity index (χ0) is 20.3. The predicted octanol–water partition coefficient (Wildman–Crippen LogP) is 5.81. The van der Waals surface area contributed by atoms with E-state index < -0.39 is 11.8 Å². The van der Waals surface area contributed by atoms with Gasteiger partial charge in [-0.1, -0.05) is 15.9 Å². The zero-order valence-electron chi connectivity index (χ0n) is 16.2. The van der Waals surface area contributed by atoms with E-state index in [2.05, 4.69) is 52.7 Å². The fourth-order valence-electron chi connectivity index (χ4n) is 3.16. The first-order chi connectivity index (χ1) is 13.4. The molecule has 0 aliphatic carbocycles. The number of hydrogen-bond acceptors (Lipinski definition) is 3. The maximum Gasteiger partial charge on any atom is 0.310 e. The van der Waals surface area contributed by atoms with Gasteiger partial charge in [-0.25, -0.2) is 4.39 Å². The summed E-state index contributed by atoms with van der Waals surface area (Å²) in [6.45, 7) is 6.60. The molecule has 3 aromatic rings. The molecule has 2 aromatic carbocycles. The Morgan fingerprint density at radius 3 is 2.71 bits per heavy atom. The molecule has 0 aliphatic heterocycles. The van der Waals surface area contributed by atoms with Gasteiger partial charge in [0.1, 0.15) is 18.2 Å². The van der Waals surface area contributed by atoms with Crippen LogP contribution in [-0.4, -0.2) is 17.1 Å². The molecule has 1 aromatic heterocycles. The first kappa shape index (κ1) is 20.4. The van der Waals surface area contributed by atoms with Crippen molar-refractivity contribution in [3.63, 3.8) is 0 Å². The largest absolute Gasteiger partial charge is 0.489 e. The first-order valence-electron chi connectivity index (χ1n) is 9.24. The quantitative estimate of drug-likeness (QED) is 0.429. The topological polar surface area (TPSA) is 40.5 Å². The van der Waals surface area contributed by atoms with Crippen molar-refractivity contribution in [3.05, 3.63) is 64.0 Å². The Morgan fingerprint density at radius 2 is 2.00 bits per heavy atom. The summed E-state index contributed by atoms with van der Waals surface area (Å²) < 4.78 is 27.7. The Kier molecular flexibility index (Phi) is 6.39. The van der Waals surface area contributed by atoms with E-state index in [-0.39, 0.29) is 13.0 Å². The lowest BCUT2D eigenvalue weighted by Gasteiger charge is -2.14. The Bertz CT molecular complexity index is 997. The van der Waals surface area contributed by atoms with Crippen LogP contribution in [0.2, 0.25) is 0 Å². The van der Waals surface area contributed by atoms with Gasteiger partial charge in [0.2, 0.25) is 0 Å². The van der Waals surface area contributed by atoms with Gasteiger partial charge in [-0.2, -0.15) is 0 Å². The summed E-state index contributed by atoms with van der Waals surface area (Å²) in [5.41, 5.74) is 2.57. The van der Waals surface area contributed by atoms with Crippen LogP contribution >= 0.6 is 15.9 Å². The van der Waals surface area contributed by atoms with E-state index in [1.165, 1.54) is 12.1 Å². The number of ether oxygens (including phenoxy) is 2. The van der Waals surface area contributed by atoms with Crippen LogP contribution in [-0.2, 0) is 22.6 Å². The SMILES string of the molecule is CCOC(=O)Cc1cc(F)ccc1OCc1cc(Br)c2ccn(C(C)C)c2c1. The van der Waals surface area contributed by atoms with Crippen molar-refractivity contribution in [2.45, 2.75) is 39.8 Å². The standard InChI is InChI=1S/C22H23BrFNO3/c1-4-27-22(26)12-16-11-17(24)5-6-21(16)28-13-15-9-19(23)18-7-8-25(14(2)3)20(18)10-15/h5-11,14H,4,12-13H2,1-3H3. The number of aromatic nitrogens is 1. The number of benzene rings is 2. The van der Waals surface area contributed by atoms with Crippen molar-refractivity contribution in [2.24, 2.45) is 0 Å². The number of carbonyl (C=O) groups is 1. The summed E-state index contributed by atoms with van der Waals surface area (Å²) in [4.78, 5) is 11.8. The van der Waals surface area contributed by atoms with E-state index in [1.807, 2.05) is 6.07 Å². The number of fused-ring (bicyclic) bond motifs is 1. The summed E-state index contributed by atoms with van der Waals surface area (Å²) in [6, 6.07) is 10.7. The minimum atomic E-state index is -0.412. The van der Waals surface area contributed by atoms with Crippen LogP contribution in [0, 0.1) is 5.82 Å². The third-order valence-electron chi connectivity index (χ3n) is 4.46. The maximum absolute atomic E-state index is 13.6. The second kappa shape index (κ2) is 8.78. The van der Waals surface area contributed by atoms with Crippen LogP contribution in [0.15, 0.2) is 47.1 Å². The van der Waals surface area contributed by atoms with Crippen molar-refractivity contribution >= 4 is 32.8 Å². The molecule has 0 fully saturated rings. The van der Waals surface area contributed by atoms with Crippen LogP contribution in [0.4, 0.5) is 4.39 Å². The van der Waals surface area contributed by atoms with Crippen molar-refractivity contribution in [2.75, 3.05) is 6.61 Å². The molecule has 0 atom stereocenters. The van der Waals surface area contributed by atoms with E-state index in [4.69, 9.17) is 9.47 Å². The third-order valence-corrected chi connectivity index (χ3v) is 5.12. The summed E-state index contributed by atoms with van der Waals surface area (Å²) in [5, 5.41) is 1.14. The summed E-state index contributed by atoms with van der Waals surface area (Å²) >= 11 is 3.63. The van der Waals surface area contributed by atoms with Crippen LogP contribution in [0.25, 0.3) is 10.9 Å². The van der Waals surface area contributed by atoms with E-state index in [1.54, 1.807) is 13.0 Å². The molecule has 0 saturated carbocycles. The molecule has 0 N–H and O–H groups in total. The highest BCUT2D eigenvalue weighted by atomic mass is 79.9. The van der Waals surface area contributed by atoms with Gasteiger partial charge in [0.05, 0.1) is 13.0 Å². The zero-order valence-corrected chi connectivity index (χ0v) is 17.8. The lowest BCUT2D eigenvalue weighted by Crippen LogP contribution is -2.09. The Morgan fingerprint density at radius 1 is 1.21 bits per heavy atom. The van der Waals surface area contributed by atoms with Gasteiger partial charge in [-0.3, -0.25) is 4.79 Å². The molecule has 0 saturated heterocycles. The number of halogens is 2. The Balaban J connectivity index is 1.84. The highest BCUT2D eigenvalue weighted by Gasteiger charge is 2.13. The van der Waals surface area contributed by atoms with E-state index in [9.17, 15) is 9.18 Å². The molecule has 6 heteroatoms. The summed E-state index contributed by atoms with van der Waals surface area (Å²) in [6.07, 6.45) is 2.04. The Labute approximate surface area is 172 Å². The molecule has 0 bridgehead atoms. The maximum atomic E-state index is 13.6. The fraction of sp³-hybridized carbons (Fsp3) is 0.318. The number of esters is 1. The van der Waals surface area contributed by atoms with Crippen LogP contribution < -0.4 is 4.74 Å². The molecule has 4 nitrogen and oxygen atoms in total. The number of rotatable bonds is 7. The van der Waals surface area contributed by atoms with Crippen LogP contribution in [0.3, 0.4) is 0 Å². The van der Waals surface area contributed by atoms with E-state index in [0.29, 0.717) is 24.0 Å². The second-order valence-electron chi connectivity index (χ2n) is 6.85. The van der Waals surface area contributed by atoms with E-state index >= 15 is 0 Å². The molecule has 0 amide bonds. The number of carbonyl (C=O) groups excluding carboxylic acids is 1. The van der Waals surface area contributed by atoms with Gasteiger partial charge in [0.15, 0.2) is 0 Å². The highest BCUT2D eigenvalue weighted by molar-refractivity contribution is 9.10. The lowest BCUT2D eigenvalue weighted by molar-refractivity contribution is -0.142. The van der Waals surface area contributed by atoms with Crippen LogP contribution in [0.5, 0.6) is 5.75 Å². The summed E-state index contributed by atoms with van der Waals surface area (Å²) in [5.74, 6) is -0.340. The lowest BCUT2D eigenvalue weighted by atomic mass is 10.1. The van der Waals surface area contributed by atoms with Gasteiger partial charge < -0.3 is 14.0 Å². The van der Waals surface area contributed by atoms with E-state index in [0.717, 1.165) is 20.9 Å². The molecule has 1 heterocycles. The highest BCUT2D eigenvalue weighted by Crippen LogP contribution is 2.30. The van der Waals surface area contributed by atoms with Gasteiger partial charge >= 0.3 is 5.97 Å². The smallest absolute Gasteiger partial charge is 0.310 e. The molecule has 0 spiro atoms. The molecule has 0 aliphatic rings. The molecular formula is C22H23BrFNO3. The number of nitrogens with zero attached hydrogens (tertiary/aromatic N) is 1. The second-order valence-corrected chi connectivity index (χ2v) is 7.70. The normalized spacial score (nSPS) is 11.2. The minimum Gasteiger partial charge on any atom is -0.489 e. The minimum absolute atomic E-state index is 0.0279. The average molecular weight is 448 g/mol. The van der Waals surface area contributed by atoms with Crippen molar-refractivity contribution < 1.29 is 18.7 Å². The van der Waals surface area contributed by atoms with Gasteiger partial charge in [0.25, 0.3) is 0 Å².